The Balaban J connectivity index is 2.41. The molecule has 1 fully saturated rings. The third kappa shape index (κ3) is 2.97. The van der Waals surface area contributed by atoms with Crippen molar-refractivity contribution < 1.29 is 18.3 Å². The van der Waals surface area contributed by atoms with Crippen LogP contribution in [0.2, 0.25) is 0 Å². The molecule has 1 aromatic carbocycles. The summed E-state index contributed by atoms with van der Waals surface area (Å²) in [6, 6.07) is 7.11. The molecule has 6 heteroatoms. The van der Waals surface area contributed by atoms with E-state index in [-0.39, 0.29) is 24.5 Å². The predicted molar refractivity (Wildman–Crippen MR) is 77.8 cm³/mol. The van der Waals surface area contributed by atoms with E-state index in [9.17, 15) is 13.5 Å². The van der Waals surface area contributed by atoms with Crippen LogP contribution in [-0.2, 0) is 14.6 Å². The second-order valence-corrected chi connectivity index (χ2v) is 7.26. The monoisotopic (exact) mass is 299 g/mol. The quantitative estimate of drug-likeness (QED) is 0.900. The average molecular weight is 299 g/mol. The van der Waals surface area contributed by atoms with Crippen molar-refractivity contribution in [1.29, 1.82) is 0 Å². The highest BCUT2D eigenvalue weighted by molar-refractivity contribution is 7.91. The van der Waals surface area contributed by atoms with Gasteiger partial charge in [0.15, 0.2) is 9.84 Å². The van der Waals surface area contributed by atoms with Gasteiger partial charge in [-0.05, 0) is 19.1 Å². The van der Waals surface area contributed by atoms with Gasteiger partial charge in [-0.2, -0.15) is 0 Å². The normalized spacial score (nSPS) is 23.9. The number of anilines is 1. The Hall–Kier alpha value is -1.11. The summed E-state index contributed by atoms with van der Waals surface area (Å²) in [5.41, 5.74) is 0.698. The van der Waals surface area contributed by atoms with Gasteiger partial charge in [0.05, 0.1) is 35.7 Å². The molecule has 20 heavy (non-hydrogen) atoms. The van der Waals surface area contributed by atoms with Crippen molar-refractivity contribution in [3.8, 4) is 0 Å². The number of nitrogens with zero attached hydrogens (tertiary/aromatic N) is 1. The van der Waals surface area contributed by atoms with Crippen LogP contribution in [0, 0.1) is 0 Å². The molecule has 112 valence electrons. The van der Waals surface area contributed by atoms with E-state index < -0.39 is 9.84 Å². The summed E-state index contributed by atoms with van der Waals surface area (Å²) in [7, 11) is -3.27. The van der Waals surface area contributed by atoms with Crippen LogP contribution >= 0.6 is 0 Å². The Morgan fingerprint density at radius 3 is 2.75 bits per heavy atom. The van der Waals surface area contributed by atoms with Crippen LogP contribution < -0.4 is 4.90 Å². The number of rotatable bonds is 4. The molecule has 2 atom stereocenters. The first kappa shape index (κ1) is 15.3. The molecule has 2 unspecified atom stereocenters. The highest BCUT2D eigenvalue weighted by Crippen LogP contribution is 2.29. The molecule has 1 N–H and O–H groups in total. The van der Waals surface area contributed by atoms with E-state index in [1.807, 2.05) is 24.0 Å². The Labute approximate surface area is 120 Å². The molecule has 1 aromatic rings. The number of aliphatic hydroxyl groups excluding tert-OH is 1. The summed E-state index contributed by atoms with van der Waals surface area (Å²) in [6.45, 7) is 4.54. The van der Waals surface area contributed by atoms with E-state index in [1.54, 1.807) is 19.1 Å². The second-order valence-electron chi connectivity index (χ2n) is 5.01. The molecule has 0 aromatic heterocycles. The molecule has 0 amide bonds. The number of morpholine rings is 1. The fourth-order valence-corrected chi connectivity index (χ4v) is 3.48. The van der Waals surface area contributed by atoms with Crippen molar-refractivity contribution in [1.82, 2.24) is 0 Å². The first-order valence-electron chi connectivity index (χ1n) is 6.80. The standard InChI is InChI=1S/C14H21NO4S/c1-3-20(17,18)14-7-5-4-6-13(14)15-8-12(9-16)19-10-11(15)2/h4-7,11-12,16H,3,8-10H2,1-2H3. The van der Waals surface area contributed by atoms with Gasteiger partial charge in [0.2, 0.25) is 0 Å². The maximum atomic E-state index is 12.2. The van der Waals surface area contributed by atoms with E-state index >= 15 is 0 Å². The van der Waals surface area contributed by atoms with Gasteiger partial charge >= 0.3 is 0 Å². The van der Waals surface area contributed by atoms with Crippen LogP contribution in [0.15, 0.2) is 29.2 Å². The van der Waals surface area contributed by atoms with Gasteiger partial charge in [-0.1, -0.05) is 19.1 Å². The summed E-state index contributed by atoms with van der Waals surface area (Å²) >= 11 is 0. The van der Waals surface area contributed by atoms with Crippen LogP contribution in [0.4, 0.5) is 5.69 Å². The maximum absolute atomic E-state index is 12.2. The first-order valence-corrected chi connectivity index (χ1v) is 8.45. The highest BCUT2D eigenvalue weighted by Gasteiger charge is 2.29. The van der Waals surface area contributed by atoms with Crippen LogP contribution in [0.5, 0.6) is 0 Å². The number of benzene rings is 1. The van der Waals surface area contributed by atoms with Gasteiger partial charge < -0.3 is 14.7 Å². The number of hydrogen-bond acceptors (Lipinski definition) is 5. The van der Waals surface area contributed by atoms with Crippen molar-refractivity contribution in [2.45, 2.75) is 30.9 Å². The number of sulfone groups is 1. The summed E-state index contributed by atoms with van der Waals surface area (Å²) in [6.07, 6.45) is -0.274. The first-order chi connectivity index (χ1) is 9.49. The smallest absolute Gasteiger partial charge is 0.180 e. The zero-order chi connectivity index (χ0) is 14.8. The predicted octanol–water partition coefficient (Wildman–Crippen LogP) is 1.07. The van der Waals surface area contributed by atoms with Crippen LogP contribution in [0.3, 0.4) is 0 Å². The Kier molecular flexibility index (Phi) is 4.67. The highest BCUT2D eigenvalue weighted by atomic mass is 32.2. The molecule has 2 rings (SSSR count). The summed E-state index contributed by atoms with van der Waals surface area (Å²) in [5.74, 6) is 0.0756. The van der Waals surface area contributed by atoms with Gasteiger partial charge in [-0.15, -0.1) is 0 Å². The van der Waals surface area contributed by atoms with Gasteiger partial charge in [0, 0.05) is 12.6 Å². The lowest BCUT2D eigenvalue weighted by Gasteiger charge is -2.39. The number of aliphatic hydroxyl groups is 1. The lowest BCUT2D eigenvalue weighted by Crippen LogP contribution is -2.50. The van der Waals surface area contributed by atoms with Crippen molar-refractivity contribution in [2.75, 3.05) is 30.4 Å². The van der Waals surface area contributed by atoms with Crippen LogP contribution in [0.25, 0.3) is 0 Å². The van der Waals surface area contributed by atoms with E-state index in [1.165, 1.54) is 0 Å². The molecule has 0 bridgehead atoms. The molecule has 1 heterocycles. The minimum atomic E-state index is -3.27. The molecule has 0 spiro atoms. The van der Waals surface area contributed by atoms with E-state index in [0.29, 0.717) is 23.7 Å². The molecule has 0 radical (unpaired) electrons. The SMILES string of the molecule is CCS(=O)(=O)c1ccccc1N1CC(CO)OCC1C. The molecule has 0 saturated carbocycles. The summed E-state index contributed by atoms with van der Waals surface area (Å²) in [5, 5.41) is 9.25. The van der Waals surface area contributed by atoms with E-state index in [4.69, 9.17) is 4.74 Å². The van der Waals surface area contributed by atoms with Crippen molar-refractivity contribution in [2.24, 2.45) is 0 Å². The second kappa shape index (κ2) is 6.11. The molecular formula is C14H21NO4S. The van der Waals surface area contributed by atoms with Gasteiger partial charge in [0.25, 0.3) is 0 Å². The van der Waals surface area contributed by atoms with E-state index in [0.717, 1.165) is 0 Å². The maximum Gasteiger partial charge on any atom is 0.180 e. The van der Waals surface area contributed by atoms with Crippen molar-refractivity contribution in [3.63, 3.8) is 0 Å². The number of ether oxygens (including phenoxy) is 1. The largest absolute Gasteiger partial charge is 0.394 e. The Bertz CT molecular complexity index is 558. The van der Waals surface area contributed by atoms with Gasteiger partial charge in [-0.3, -0.25) is 0 Å². The lowest BCUT2D eigenvalue weighted by atomic mass is 10.1. The number of hydrogen-bond donors (Lipinski definition) is 1. The minimum absolute atomic E-state index is 0.0636. The van der Waals surface area contributed by atoms with Crippen LogP contribution in [-0.4, -0.2) is 51.2 Å². The minimum Gasteiger partial charge on any atom is -0.394 e. The third-order valence-electron chi connectivity index (χ3n) is 3.60. The summed E-state index contributed by atoms with van der Waals surface area (Å²) in [4.78, 5) is 2.36. The molecule has 1 aliphatic heterocycles. The van der Waals surface area contributed by atoms with Crippen LogP contribution in [0.1, 0.15) is 13.8 Å². The van der Waals surface area contributed by atoms with Crippen molar-refractivity contribution >= 4 is 15.5 Å². The van der Waals surface area contributed by atoms with Gasteiger partial charge in [-0.25, -0.2) is 8.42 Å². The third-order valence-corrected chi connectivity index (χ3v) is 5.37. The molecular weight excluding hydrogens is 278 g/mol. The zero-order valence-electron chi connectivity index (χ0n) is 11.8. The van der Waals surface area contributed by atoms with E-state index in [2.05, 4.69) is 0 Å². The Morgan fingerprint density at radius 1 is 1.40 bits per heavy atom. The Morgan fingerprint density at radius 2 is 2.10 bits per heavy atom. The molecule has 5 nitrogen and oxygen atoms in total. The fourth-order valence-electron chi connectivity index (χ4n) is 2.38. The molecule has 0 aliphatic carbocycles. The van der Waals surface area contributed by atoms with Gasteiger partial charge in [0.1, 0.15) is 0 Å². The average Bonchev–Trinajstić information content (AvgIpc) is 2.48. The molecule has 1 aliphatic rings. The molecule has 1 saturated heterocycles. The fraction of sp³-hybridized carbons (Fsp3) is 0.571. The van der Waals surface area contributed by atoms with Crippen molar-refractivity contribution in [3.05, 3.63) is 24.3 Å². The number of para-hydroxylation sites is 1. The zero-order valence-corrected chi connectivity index (χ0v) is 12.6. The summed E-state index contributed by atoms with van der Waals surface area (Å²) < 4.78 is 29.9. The lowest BCUT2D eigenvalue weighted by molar-refractivity contribution is -0.0104. The topological polar surface area (TPSA) is 66.8 Å².